The molecule has 0 N–H and O–H groups in total. The second-order valence-corrected chi connectivity index (χ2v) is 3.37. The van der Waals surface area contributed by atoms with Crippen molar-refractivity contribution in [3.63, 3.8) is 0 Å². The van der Waals surface area contributed by atoms with Crippen LogP contribution in [0, 0.1) is 17.5 Å². The van der Waals surface area contributed by atoms with Crippen molar-refractivity contribution in [1.82, 2.24) is 0 Å². The fourth-order valence-electron chi connectivity index (χ4n) is 1.62. The zero-order chi connectivity index (χ0) is 11.0. The summed E-state index contributed by atoms with van der Waals surface area (Å²) in [4.78, 5) is 12.5. The molecule has 1 aromatic carbocycles. The SMILES string of the molecule is O=C1CCCN1c1cc(F)c(F)c(F)c1. The Balaban J connectivity index is 2.41. The van der Waals surface area contributed by atoms with Crippen LogP contribution in [-0.2, 0) is 4.79 Å². The third-order valence-corrected chi connectivity index (χ3v) is 2.35. The number of halogens is 3. The van der Waals surface area contributed by atoms with Crippen LogP contribution in [0.5, 0.6) is 0 Å². The Bertz CT molecular complexity index is 396. The van der Waals surface area contributed by atoms with Gasteiger partial charge in [-0.2, -0.15) is 0 Å². The Morgan fingerprint density at radius 1 is 1.13 bits per heavy atom. The molecule has 0 bridgehead atoms. The van der Waals surface area contributed by atoms with Crippen molar-refractivity contribution < 1.29 is 18.0 Å². The van der Waals surface area contributed by atoms with Crippen LogP contribution in [0.2, 0.25) is 0 Å². The van der Waals surface area contributed by atoms with Crippen LogP contribution < -0.4 is 4.90 Å². The molecule has 1 aliphatic heterocycles. The molecule has 1 aromatic rings. The minimum Gasteiger partial charge on any atom is -0.312 e. The Morgan fingerprint density at radius 3 is 2.20 bits per heavy atom. The quantitative estimate of drug-likeness (QED) is 0.658. The first-order chi connectivity index (χ1) is 7.09. The maximum Gasteiger partial charge on any atom is 0.227 e. The van der Waals surface area contributed by atoms with E-state index in [1.807, 2.05) is 0 Å². The van der Waals surface area contributed by atoms with Gasteiger partial charge in [-0.3, -0.25) is 4.79 Å². The van der Waals surface area contributed by atoms with Crippen molar-refractivity contribution in [1.29, 1.82) is 0 Å². The van der Waals surface area contributed by atoms with E-state index in [1.165, 1.54) is 4.90 Å². The van der Waals surface area contributed by atoms with Gasteiger partial charge in [0, 0.05) is 30.8 Å². The minimum absolute atomic E-state index is 0.0777. The monoisotopic (exact) mass is 215 g/mol. The highest BCUT2D eigenvalue weighted by atomic mass is 19.2. The summed E-state index contributed by atoms with van der Waals surface area (Å²) in [5, 5.41) is 0. The number of carbonyl (C=O) groups is 1. The van der Waals surface area contributed by atoms with Crippen LogP contribution in [0.4, 0.5) is 18.9 Å². The number of rotatable bonds is 1. The van der Waals surface area contributed by atoms with Crippen molar-refractivity contribution in [2.75, 3.05) is 11.4 Å². The molecule has 1 aliphatic rings. The highest BCUT2D eigenvalue weighted by Gasteiger charge is 2.23. The predicted octanol–water partition coefficient (Wildman–Crippen LogP) is 2.23. The molecule has 2 nitrogen and oxygen atoms in total. The van der Waals surface area contributed by atoms with Gasteiger partial charge in [-0.25, -0.2) is 13.2 Å². The molecular weight excluding hydrogens is 207 g/mol. The molecule has 1 heterocycles. The van der Waals surface area contributed by atoms with Crippen LogP contribution in [-0.4, -0.2) is 12.5 Å². The van der Waals surface area contributed by atoms with Gasteiger partial charge in [0.1, 0.15) is 0 Å². The molecule has 0 atom stereocenters. The molecule has 80 valence electrons. The summed E-state index contributed by atoms with van der Waals surface area (Å²) in [6.07, 6.45) is 1.01. The summed E-state index contributed by atoms with van der Waals surface area (Å²) in [6.45, 7) is 0.420. The number of carbonyl (C=O) groups excluding carboxylic acids is 1. The second-order valence-electron chi connectivity index (χ2n) is 3.37. The standard InChI is InChI=1S/C10H8F3NO/c11-7-4-6(5-8(12)10(7)13)14-3-1-2-9(14)15/h4-5H,1-3H2. The topological polar surface area (TPSA) is 20.3 Å². The van der Waals surface area contributed by atoms with Crippen LogP contribution in [0.25, 0.3) is 0 Å². The van der Waals surface area contributed by atoms with E-state index in [-0.39, 0.29) is 11.6 Å². The number of hydrogen-bond donors (Lipinski definition) is 0. The average Bonchev–Trinajstić information content (AvgIpc) is 2.60. The van der Waals surface area contributed by atoms with Gasteiger partial charge < -0.3 is 4.90 Å². The van der Waals surface area contributed by atoms with Crippen molar-refractivity contribution in [2.45, 2.75) is 12.8 Å². The number of nitrogens with zero attached hydrogens (tertiary/aromatic N) is 1. The van der Waals surface area contributed by atoms with E-state index in [2.05, 4.69) is 0 Å². The summed E-state index contributed by atoms with van der Waals surface area (Å²) in [5.41, 5.74) is 0.0777. The van der Waals surface area contributed by atoms with E-state index in [0.29, 0.717) is 19.4 Å². The molecule has 0 spiro atoms. The van der Waals surface area contributed by atoms with Gasteiger partial charge in [-0.1, -0.05) is 0 Å². The van der Waals surface area contributed by atoms with Crippen LogP contribution in [0.3, 0.4) is 0 Å². The molecular formula is C10H8F3NO. The maximum atomic E-state index is 12.9. The lowest BCUT2D eigenvalue weighted by Gasteiger charge is -2.15. The fraction of sp³-hybridized carbons (Fsp3) is 0.300. The van der Waals surface area contributed by atoms with Gasteiger partial charge in [0.05, 0.1) is 0 Å². The lowest BCUT2D eigenvalue weighted by Crippen LogP contribution is -2.24. The van der Waals surface area contributed by atoms with Gasteiger partial charge in [0.2, 0.25) is 5.91 Å². The third-order valence-electron chi connectivity index (χ3n) is 2.35. The Morgan fingerprint density at radius 2 is 1.73 bits per heavy atom. The van der Waals surface area contributed by atoms with Crippen LogP contribution in [0.1, 0.15) is 12.8 Å². The lowest BCUT2D eigenvalue weighted by molar-refractivity contribution is -0.117. The average molecular weight is 215 g/mol. The zero-order valence-corrected chi connectivity index (χ0v) is 7.77. The van der Waals surface area contributed by atoms with Gasteiger partial charge in [0.15, 0.2) is 17.5 Å². The van der Waals surface area contributed by atoms with Crippen LogP contribution in [0.15, 0.2) is 12.1 Å². The largest absolute Gasteiger partial charge is 0.312 e. The highest BCUT2D eigenvalue weighted by molar-refractivity contribution is 5.95. The first-order valence-electron chi connectivity index (χ1n) is 4.54. The zero-order valence-electron chi connectivity index (χ0n) is 7.77. The van der Waals surface area contributed by atoms with E-state index in [9.17, 15) is 18.0 Å². The summed E-state index contributed by atoms with van der Waals surface area (Å²) >= 11 is 0. The molecule has 0 radical (unpaired) electrons. The third kappa shape index (κ3) is 1.69. The molecule has 0 saturated carbocycles. The van der Waals surface area contributed by atoms with E-state index in [1.54, 1.807) is 0 Å². The molecule has 2 rings (SSSR count). The fourth-order valence-corrected chi connectivity index (χ4v) is 1.62. The second kappa shape index (κ2) is 3.56. The van der Waals surface area contributed by atoms with E-state index < -0.39 is 17.5 Å². The molecule has 15 heavy (non-hydrogen) atoms. The van der Waals surface area contributed by atoms with Gasteiger partial charge in [-0.05, 0) is 6.42 Å². The van der Waals surface area contributed by atoms with Crippen molar-refractivity contribution >= 4 is 11.6 Å². The van der Waals surface area contributed by atoms with E-state index >= 15 is 0 Å². The van der Waals surface area contributed by atoms with E-state index in [0.717, 1.165) is 12.1 Å². The Labute approximate surface area is 84.3 Å². The van der Waals surface area contributed by atoms with Crippen molar-refractivity contribution in [3.8, 4) is 0 Å². The summed E-state index contributed by atoms with van der Waals surface area (Å²) in [6, 6.07) is 1.67. The molecule has 0 aliphatic carbocycles. The summed E-state index contributed by atoms with van der Waals surface area (Å²) in [7, 11) is 0. The summed E-state index contributed by atoms with van der Waals surface area (Å²) < 4.78 is 38.4. The first kappa shape index (κ1) is 10.0. The number of amides is 1. The predicted molar refractivity (Wildman–Crippen MR) is 47.9 cm³/mol. The summed E-state index contributed by atoms with van der Waals surface area (Å²) in [5.74, 6) is -4.25. The first-order valence-corrected chi connectivity index (χ1v) is 4.54. The number of hydrogen-bond acceptors (Lipinski definition) is 1. The minimum atomic E-state index is -1.51. The highest BCUT2D eigenvalue weighted by Crippen LogP contribution is 2.24. The number of benzene rings is 1. The van der Waals surface area contributed by atoms with Crippen LogP contribution >= 0.6 is 0 Å². The normalized spacial score (nSPS) is 16.2. The Hall–Kier alpha value is -1.52. The molecule has 0 unspecified atom stereocenters. The van der Waals surface area contributed by atoms with Crippen molar-refractivity contribution in [3.05, 3.63) is 29.6 Å². The van der Waals surface area contributed by atoms with E-state index in [4.69, 9.17) is 0 Å². The number of anilines is 1. The van der Waals surface area contributed by atoms with Gasteiger partial charge in [-0.15, -0.1) is 0 Å². The van der Waals surface area contributed by atoms with Gasteiger partial charge >= 0.3 is 0 Å². The smallest absolute Gasteiger partial charge is 0.227 e. The molecule has 1 saturated heterocycles. The lowest BCUT2D eigenvalue weighted by atomic mass is 10.2. The molecule has 1 amide bonds. The molecule has 1 fully saturated rings. The Kier molecular flexibility index (Phi) is 2.38. The van der Waals surface area contributed by atoms with Crippen molar-refractivity contribution in [2.24, 2.45) is 0 Å². The molecule has 5 heteroatoms. The van der Waals surface area contributed by atoms with Gasteiger partial charge in [0.25, 0.3) is 0 Å². The maximum absolute atomic E-state index is 12.9. The molecule has 0 aromatic heterocycles.